The van der Waals surface area contributed by atoms with Crippen LogP contribution in [0.2, 0.25) is 0 Å². The van der Waals surface area contributed by atoms with E-state index in [2.05, 4.69) is 15.7 Å². The number of piperidine rings is 1. The fourth-order valence-electron chi connectivity index (χ4n) is 2.11. The molecule has 1 saturated heterocycles. The molecule has 1 aliphatic heterocycles. The van der Waals surface area contributed by atoms with Crippen LogP contribution >= 0.6 is 0 Å². The molecule has 2 heterocycles. The minimum Gasteiger partial charge on any atom is -0.369 e. The number of ether oxygens (including phenoxy) is 1. The normalized spacial score (nSPS) is 16.8. The topological polar surface area (TPSA) is 68.2 Å². The highest BCUT2D eigenvalue weighted by atomic mass is 16.5. The molecule has 1 fully saturated rings. The Balaban J connectivity index is 1.84. The van der Waals surface area contributed by atoms with E-state index >= 15 is 0 Å². The van der Waals surface area contributed by atoms with Gasteiger partial charge in [0.15, 0.2) is 0 Å². The lowest BCUT2D eigenvalue weighted by Gasteiger charge is -2.22. The van der Waals surface area contributed by atoms with E-state index in [1.807, 2.05) is 24.7 Å². The fourth-order valence-corrected chi connectivity index (χ4v) is 2.11. The molecule has 1 amide bonds. The number of amides is 1. The van der Waals surface area contributed by atoms with E-state index in [1.54, 1.807) is 6.20 Å². The van der Waals surface area contributed by atoms with Gasteiger partial charge < -0.3 is 15.4 Å². The predicted molar refractivity (Wildman–Crippen MR) is 73.1 cm³/mol. The molecule has 1 aromatic rings. The van der Waals surface area contributed by atoms with E-state index in [0.29, 0.717) is 6.04 Å². The summed E-state index contributed by atoms with van der Waals surface area (Å²) in [6.45, 7) is 5.93. The third-order valence-electron chi connectivity index (χ3n) is 3.12. The van der Waals surface area contributed by atoms with E-state index in [1.165, 1.54) is 0 Å². The first-order chi connectivity index (χ1) is 9.15. The van der Waals surface area contributed by atoms with Crippen molar-refractivity contribution in [2.75, 3.05) is 25.0 Å². The molecule has 2 N–H and O–H groups in total. The Morgan fingerprint density at radius 1 is 1.58 bits per heavy atom. The summed E-state index contributed by atoms with van der Waals surface area (Å²) in [7, 11) is 0. The number of carbonyl (C=O) groups is 1. The van der Waals surface area contributed by atoms with E-state index in [0.717, 1.165) is 31.6 Å². The second kappa shape index (κ2) is 6.68. The zero-order chi connectivity index (χ0) is 13.7. The lowest BCUT2D eigenvalue weighted by Crippen LogP contribution is -2.29. The van der Waals surface area contributed by atoms with Gasteiger partial charge in [0.1, 0.15) is 6.61 Å². The summed E-state index contributed by atoms with van der Waals surface area (Å²) in [5.74, 6) is -0.140. The van der Waals surface area contributed by atoms with Gasteiger partial charge in [-0.05, 0) is 39.8 Å². The third-order valence-corrected chi connectivity index (χ3v) is 3.12. The highest BCUT2D eigenvalue weighted by Crippen LogP contribution is 2.19. The van der Waals surface area contributed by atoms with Crippen LogP contribution in [0.25, 0.3) is 0 Å². The van der Waals surface area contributed by atoms with Crippen molar-refractivity contribution < 1.29 is 9.53 Å². The number of carbonyl (C=O) groups excluding carboxylic acids is 1. The van der Waals surface area contributed by atoms with Gasteiger partial charge in [0.05, 0.1) is 24.0 Å². The van der Waals surface area contributed by atoms with E-state index in [4.69, 9.17) is 4.74 Å². The Labute approximate surface area is 113 Å². The van der Waals surface area contributed by atoms with Gasteiger partial charge in [-0.3, -0.25) is 9.48 Å². The number of hydrogen-bond acceptors (Lipinski definition) is 4. The third kappa shape index (κ3) is 4.33. The van der Waals surface area contributed by atoms with E-state index in [9.17, 15) is 4.79 Å². The van der Waals surface area contributed by atoms with Crippen LogP contribution in [0.5, 0.6) is 0 Å². The first-order valence-corrected chi connectivity index (χ1v) is 6.81. The molecule has 19 heavy (non-hydrogen) atoms. The molecule has 6 heteroatoms. The zero-order valence-electron chi connectivity index (χ0n) is 11.6. The Morgan fingerprint density at radius 2 is 2.32 bits per heavy atom. The molecule has 0 spiro atoms. The second-order valence-corrected chi connectivity index (χ2v) is 5.10. The Kier molecular flexibility index (Phi) is 4.93. The van der Waals surface area contributed by atoms with Gasteiger partial charge >= 0.3 is 0 Å². The Morgan fingerprint density at radius 3 is 3.00 bits per heavy atom. The number of rotatable bonds is 5. The number of aromatic nitrogens is 2. The molecule has 0 radical (unpaired) electrons. The molecule has 0 aromatic carbocycles. The smallest absolute Gasteiger partial charge is 0.250 e. The van der Waals surface area contributed by atoms with Crippen LogP contribution in [0, 0.1) is 0 Å². The lowest BCUT2D eigenvalue weighted by molar-refractivity contribution is -0.121. The standard InChI is InChI=1S/C13H22N4O2/c1-10(2)19-9-13(18)16-11-7-15-17(8-11)12-3-5-14-6-4-12/h7-8,10,12,14H,3-6,9H2,1-2H3,(H,16,18). The first kappa shape index (κ1) is 14.0. The maximum absolute atomic E-state index is 11.6. The van der Waals surface area contributed by atoms with Crippen molar-refractivity contribution in [3.8, 4) is 0 Å². The Hall–Kier alpha value is -1.40. The van der Waals surface area contributed by atoms with Crippen molar-refractivity contribution in [1.29, 1.82) is 0 Å². The molecule has 1 aromatic heterocycles. The van der Waals surface area contributed by atoms with Crippen molar-refractivity contribution in [2.45, 2.75) is 38.8 Å². The number of hydrogen-bond donors (Lipinski definition) is 2. The molecular formula is C13H22N4O2. The molecule has 1 aliphatic rings. The predicted octanol–water partition coefficient (Wildman–Crippen LogP) is 1.17. The van der Waals surface area contributed by atoms with Crippen LogP contribution in [0.1, 0.15) is 32.7 Å². The van der Waals surface area contributed by atoms with Gasteiger partial charge in [0, 0.05) is 6.20 Å². The van der Waals surface area contributed by atoms with E-state index in [-0.39, 0.29) is 18.6 Å². The van der Waals surface area contributed by atoms with Gasteiger partial charge in [0.25, 0.3) is 0 Å². The minimum atomic E-state index is -0.140. The van der Waals surface area contributed by atoms with Crippen molar-refractivity contribution >= 4 is 11.6 Å². The minimum absolute atomic E-state index is 0.0585. The number of nitrogens with zero attached hydrogens (tertiary/aromatic N) is 2. The van der Waals surface area contributed by atoms with Crippen LogP contribution in [0.15, 0.2) is 12.4 Å². The van der Waals surface area contributed by atoms with Crippen molar-refractivity contribution in [3.63, 3.8) is 0 Å². The average molecular weight is 266 g/mol. The van der Waals surface area contributed by atoms with Gasteiger partial charge in [-0.1, -0.05) is 0 Å². The summed E-state index contributed by atoms with van der Waals surface area (Å²) in [5.41, 5.74) is 0.732. The second-order valence-electron chi connectivity index (χ2n) is 5.10. The lowest BCUT2D eigenvalue weighted by atomic mass is 10.1. The molecular weight excluding hydrogens is 244 g/mol. The van der Waals surface area contributed by atoms with Gasteiger partial charge in [0.2, 0.25) is 5.91 Å². The SMILES string of the molecule is CC(C)OCC(=O)Nc1cnn(C2CCNCC2)c1. The molecule has 0 bridgehead atoms. The average Bonchev–Trinajstić information content (AvgIpc) is 2.86. The summed E-state index contributed by atoms with van der Waals surface area (Å²) in [5, 5.41) is 10.4. The van der Waals surface area contributed by atoms with Crippen LogP contribution in [0.3, 0.4) is 0 Å². The van der Waals surface area contributed by atoms with Crippen molar-refractivity contribution in [1.82, 2.24) is 15.1 Å². The maximum Gasteiger partial charge on any atom is 0.250 e. The number of anilines is 1. The van der Waals surface area contributed by atoms with Gasteiger partial charge in [-0.15, -0.1) is 0 Å². The summed E-state index contributed by atoms with van der Waals surface area (Å²) in [6.07, 6.45) is 5.79. The molecule has 0 atom stereocenters. The van der Waals surface area contributed by atoms with Crippen LogP contribution < -0.4 is 10.6 Å². The zero-order valence-corrected chi connectivity index (χ0v) is 11.6. The van der Waals surface area contributed by atoms with Crippen LogP contribution in [-0.4, -0.2) is 41.5 Å². The van der Waals surface area contributed by atoms with Gasteiger partial charge in [-0.25, -0.2) is 0 Å². The summed E-state index contributed by atoms with van der Waals surface area (Å²) < 4.78 is 7.20. The maximum atomic E-state index is 11.6. The summed E-state index contributed by atoms with van der Waals surface area (Å²) in [6, 6.07) is 0.429. The highest BCUT2D eigenvalue weighted by molar-refractivity contribution is 5.91. The summed E-state index contributed by atoms with van der Waals surface area (Å²) in [4.78, 5) is 11.6. The van der Waals surface area contributed by atoms with Crippen LogP contribution in [0.4, 0.5) is 5.69 Å². The van der Waals surface area contributed by atoms with Crippen LogP contribution in [-0.2, 0) is 9.53 Å². The molecule has 0 saturated carbocycles. The molecule has 2 rings (SSSR count). The largest absolute Gasteiger partial charge is 0.369 e. The fraction of sp³-hybridized carbons (Fsp3) is 0.692. The van der Waals surface area contributed by atoms with Crippen molar-refractivity contribution in [2.24, 2.45) is 0 Å². The molecule has 106 valence electrons. The molecule has 0 aliphatic carbocycles. The molecule has 0 unspecified atom stereocenters. The van der Waals surface area contributed by atoms with E-state index < -0.39 is 0 Å². The van der Waals surface area contributed by atoms with Gasteiger partial charge in [-0.2, -0.15) is 5.10 Å². The summed E-state index contributed by atoms with van der Waals surface area (Å²) >= 11 is 0. The highest BCUT2D eigenvalue weighted by Gasteiger charge is 2.16. The monoisotopic (exact) mass is 266 g/mol. The Bertz CT molecular complexity index is 411. The quantitative estimate of drug-likeness (QED) is 0.839. The first-order valence-electron chi connectivity index (χ1n) is 6.81. The van der Waals surface area contributed by atoms with Crippen molar-refractivity contribution in [3.05, 3.63) is 12.4 Å². The molecule has 6 nitrogen and oxygen atoms in total. The number of nitrogens with one attached hydrogen (secondary N) is 2.